The molecule has 1 saturated carbocycles. The molecule has 1 aliphatic rings. The van der Waals surface area contributed by atoms with Crippen LogP contribution in [-0.2, 0) is 13.0 Å². The molecule has 1 fully saturated rings. The van der Waals surface area contributed by atoms with Gasteiger partial charge in [0.2, 0.25) is 0 Å². The largest absolute Gasteiger partial charge is 0.326 e. The van der Waals surface area contributed by atoms with Gasteiger partial charge in [-0.05, 0) is 25.3 Å². The maximum absolute atomic E-state index is 12.2. The van der Waals surface area contributed by atoms with Crippen molar-refractivity contribution < 1.29 is 0 Å². The molecule has 0 bridgehead atoms. The average Bonchev–Trinajstić information content (AvgIpc) is 2.81. The molecule has 0 saturated heterocycles. The lowest BCUT2D eigenvalue weighted by atomic mass is 10.1. The highest BCUT2D eigenvalue weighted by Gasteiger charge is 2.20. The molecule has 2 rings (SSSR count). The van der Waals surface area contributed by atoms with Crippen LogP contribution < -0.4 is 11.3 Å². The number of hydrogen-bond acceptors (Lipinski definition) is 2. The van der Waals surface area contributed by atoms with Gasteiger partial charge in [-0.15, -0.1) is 0 Å². The highest BCUT2D eigenvalue weighted by Crippen LogP contribution is 2.29. The van der Waals surface area contributed by atoms with E-state index in [2.05, 4.69) is 13.0 Å². The maximum Gasteiger partial charge on any atom is 0.255 e. The summed E-state index contributed by atoms with van der Waals surface area (Å²) in [6.07, 6.45) is 5.68. The zero-order valence-corrected chi connectivity index (χ0v) is 9.91. The van der Waals surface area contributed by atoms with Crippen LogP contribution >= 0.6 is 0 Å². The number of pyridine rings is 1. The number of aryl methyl sites for hydroxylation is 1. The van der Waals surface area contributed by atoms with Gasteiger partial charge in [0.1, 0.15) is 0 Å². The normalized spacial score (nSPS) is 16.9. The van der Waals surface area contributed by atoms with E-state index in [1.54, 1.807) is 0 Å². The Hall–Kier alpha value is -1.09. The molecule has 88 valence electrons. The lowest BCUT2D eigenvalue weighted by molar-refractivity contribution is 0.481. The smallest absolute Gasteiger partial charge is 0.255 e. The maximum atomic E-state index is 12.2. The van der Waals surface area contributed by atoms with Crippen LogP contribution in [0.1, 0.15) is 49.9 Å². The van der Waals surface area contributed by atoms with E-state index in [0.29, 0.717) is 12.6 Å². The van der Waals surface area contributed by atoms with Gasteiger partial charge in [0.15, 0.2) is 0 Å². The van der Waals surface area contributed by atoms with Gasteiger partial charge in [-0.3, -0.25) is 4.79 Å². The molecule has 2 N–H and O–H groups in total. The Kier molecular flexibility index (Phi) is 3.44. The van der Waals surface area contributed by atoms with Crippen molar-refractivity contribution in [3.8, 4) is 0 Å². The topological polar surface area (TPSA) is 48.0 Å². The van der Waals surface area contributed by atoms with Gasteiger partial charge < -0.3 is 10.3 Å². The molecule has 0 aromatic carbocycles. The Balaban J connectivity index is 2.50. The zero-order chi connectivity index (χ0) is 11.5. The molecule has 1 aliphatic carbocycles. The first kappa shape index (κ1) is 11.4. The van der Waals surface area contributed by atoms with E-state index in [4.69, 9.17) is 5.73 Å². The van der Waals surface area contributed by atoms with Crippen molar-refractivity contribution in [1.82, 2.24) is 4.57 Å². The Labute approximate surface area is 96.3 Å². The number of aromatic nitrogens is 1. The fraction of sp³-hybridized carbons (Fsp3) is 0.615. The fourth-order valence-electron chi connectivity index (χ4n) is 2.64. The third-order valence-corrected chi connectivity index (χ3v) is 3.55. The molecular formula is C13H20N2O. The SMILES string of the molecule is CCc1ccc(CN)c(=O)n1C1CCCC1. The van der Waals surface area contributed by atoms with Gasteiger partial charge in [0.05, 0.1) is 0 Å². The summed E-state index contributed by atoms with van der Waals surface area (Å²) < 4.78 is 2.00. The Morgan fingerprint density at radius 1 is 1.38 bits per heavy atom. The van der Waals surface area contributed by atoms with E-state index in [-0.39, 0.29) is 5.56 Å². The quantitative estimate of drug-likeness (QED) is 0.846. The highest BCUT2D eigenvalue weighted by molar-refractivity contribution is 5.17. The molecule has 3 nitrogen and oxygen atoms in total. The van der Waals surface area contributed by atoms with Crippen LogP contribution in [0.15, 0.2) is 16.9 Å². The molecular weight excluding hydrogens is 200 g/mol. The third kappa shape index (κ3) is 1.92. The van der Waals surface area contributed by atoms with Crippen LogP contribution in [0.2, 0.25) is 0 Å². The van der Waals surface area contributed by atoms with Crippen LogP contribution in [0, 0.1) is 0 Å². The summed E-state index contributed by atoms with van der Waals surface area (Å²) >= 11 is 0. The molecule has 3 heteroatoms. The lowest BCUT2D eigenvalue weighted by Crippen LogP contribution is -2.30. The first-order valence-corrected chi connectivity index (χ1v) is 6.21. The van der Waals surface area contributed by atoms with E-state index in [1.165, 1.54) is 12.8 Å². The molecule has 0 atom stereocenters. The minimum absolute atomic E-state index is 0.133. The van der Waals surface area contributed by atoms with Crippen molar-refractivity contribution in [1.29, 1.82) is 0 Å². The first-order valence-electron chi connectivity index (χ1n) is 6.21. The Morgan fingerprint density at radius 2 is 2.06 bits per heavy atom. The number of rotatable bonds is 3. The number of hydrogen-bond donors (Lipinski definition) is 1. The summed E-state index contributed by atoms with van der Waals surface area (Å²) in [7, 11) is 0. The first-order chi connectivity index (χ1) is 7.77. The molecule has 1 aromatic heterocycles. The van der Waals surface area contributed by atoms with Crippen molar-refractivity contribution in [2.75, 3.05) is 0 Å². The summed E-state index contributed by atoms with van der Waals surface area (Å²) in [5.74, 6) is 0. The molecule has 1 aromatic rings. The average molecular weight is 220 g/mol. The van der Waals surface area contributed by atoms with E-state index in [9.17, 15) is 4.79 Å². The fourth-order valence-corrected chi connectivity index (χ4v) is 2.64. The Morgan fingerprint density at radius 3 is 2.62 bits per heavy atom. The van der Waals surface area contributed by atoms with Crippen molar-refractivity contribution in [2.24, 2.45) is 5.73 Å². The van der Waals surface area contributed by atoms with Crippen LogP contribution in [-0.4, -0.2) is 4.57 Å². The van der Waals surface area contributed by atoms with Crippen molar-refractivity contribution >= 4 is 0 Å². The molecule has 0 radical (unpaired) electrons. The van der Waals surface area contributed by atoms with Crippen molar-refractivity contribution in [2.45, 2.75) is 51.6 Å². The van der Waals surface area contributed by atoms with Crippen LogP contribution in [0.25, 0.3) is 0 Å². The summed E-state index contributed by atoms with van der Waals surface area (Å²) in [5, 5.41) is 0. The van der Waals surface area contributed by atoms with Gasteiger partial charge in [-0.25, -0.2) is 0 Å². The monoisotopic (exact) mass is 220 g/mol. The molecule has 1 heterocycles. The van der Waals surface area contributed by atoms with Gasteiger partial charge in [-0.2, -0.15) is 0 Å². The van der Waals surface area contributed by atoms with Gasteiger partial charge in [0.25, 0.3) is 5.56 Å². The summed E-state index contributed by atoms with van der Waals surface area (Å²) in [5.41, 5.74) is 7.62. The second-order valence-corrected chi connectivity index (χ2v) is 4.52. The van der Waals surface area contributed by atoms with Crippen molar-refractivity contribution in [3.05, 3.63) is 33.7 Å². The van der Waals surface area contributed by atoms with E-state index in [1.807, 2.05) is 10.6 Å². The second-order valence-electron chi connectivity index (χ2n) is 4.52. The van der Waals surface area contributed by atoms with Gasteiger partial charge in [-0.1, -0.05) is 25.8 Å². The number of nitrogens with two attached hydrogens (primary N) is 1. The van der Waals surface area contributed by atoms with E-state index >= 15 is 0 Å². The Bertz CT molecular complexity index is 416. The number of nitrogens with zero attached hydrogens (tertiary/aromatic N) is 1. The minimum atomic E-state index is 0.133. The van der Waals surface area contributed by atoms with Crippen LogP contribution in [0.5, 0.6) is 0 Å². The van der Waals surface area contributed by atoms with Crippen molar-refractivity contribution in [3.63, 3.8) is 0 Å². The minimum Gasteiger partial charge on any atom is -0.326 e. The van der Waals surface area contributed by atoms with Crippen LogP contribution in [0.3, 0.4) is 0 Å². The van der Waals surface area contributed by atoms with E-state index < -0.39 is 0 Å². The summed E-state index contributed by atoms with van der Waals surface area (Å²) in [6, 6.07) is 4.35. The summed E-state index contributed by atoms with van der Waals surface area (Å²) in [4.78, 5) is 12.2. The van der Waals surface area contributed by atoms with E-state index in [0.717, 1.165) is 30.5 Å². The molecule has 16 heavy (non-hydrogen) atoms. The molecule has 0 amide bonds. The molecule has 0 aliphatic heterocycles. The predicted octanol–water partition coefficient (Wildman–Crippen LogP) is 1.98. The van der Waals surface area contributed by atoms with Crippen LogP contribution in [0.4, 0.5) is 0 Å². The molecule has 0 spiro atoms. The third-order valence-electron chi connectivity index (χ3n) is 3.55. The zero-order valence-electron chi connectivity index (χ0n) is 9.91. The summed E-state index contributed by atoms with van der Waals surface area (Å²) in [6.45, 7) is 2.44. The van der Waals surface area contributed by atoms with Gasteiger partial charge >= 0.3 is 0 Å². The lowest BCUT2D eigenvalue weighted by Gasteiger charge is -2.19. The predicted molar refractivity (Wildman–Crippen MR) is 65.5 cm³/mol. The second kappa shape index (κ2) is 4.83. The molecule has 0 unspecified atom stereocenters. The highest BCUT2D eigenvalue weighted by atomic mass is 16.1. The standard InChI is InChI=1S/C13H20N2O/c1-2-11-8-7-10(9-14)13(16)15(11)12-5-3-4-6-12/h7-8,12H,2-6,9,14H2,1H3. The van der Waals surface area contributed by atoms with Gasteiger partial charge in [0, 0.05) is 23.8 Å².